The fourth-order valence-corrected chi connectivity index (χ4v) is 9.13. The Morgan fingerprint density at radius 1 is 1.19 bits per heavy atom. The van der Waals surface area contributed by atoms with Crippen LogP contribution in [0.3, 0.4) is 0 Å². The van der Waals surface area contributed by atoms with E-state index < -0.39 is 15.4 Å². The Morgan fingerprint density at radius 3 is 2.51 bits per heavy atom. The minimum atomic E-state index is -2.12. The van der Waals surface area contributed by atoms with Crippen molar-refractivity contribution in [2.75, 3.05) is 6.61 Å². The molecule has 43 heavy (non-hydrogen) atoms. The van der Waals surface area contributed by atoms with E-state index in [9.17, 15) is 9.59 Å². The Hall–Kier alpha value is -1.20. The lowest BCUT2D eigenvalue weighted by atomic mass is 9.43. The third-order valence-electron chi connectivity index (χ3n) is 10.8. The molecule has 1 amide bonds. The fraction of sp³-hybridized carbons (Fsp3) is 0.818. The summed E-state index contributed by atoms with van der Waals surface area (Å²) in [6.07, 6.45) is 4.74. The van der Waals surface area contributed by atoms with Crippen LogP contribution in [0.15, 0.2) is 17.5 Å². The lowest BCUT2D eigenvalue weighted by Gasteiger charge is -2.64. The smallest absolute Gasteiger partial charge is 0.465 e. The number of ether oxygens (including phenoxy) is 1. The van der Waals surface area contributed by atoms with E-state index in [0.29, 0.717) is 37.7 Å². The highest BCUT2D eigenvalue weighted by Gasteiger charge is 2.68. The predicted octanol–water partition coefficient (Wildman–Crippen LogP) is 7.19. The lowest BCUT2D eigenvalue weighted by Crippen LogP contribution is -2.65. The lowest BCUT2D eigenvalue weighted by molar-refractivity contribution is -0.199. The van der Waals surface area contributed by atoms with Crippen LogP contribution in [0.2, 0.25) is 18.1 Å². The molecule has 1 aromatic heterocycles. The van der Waals surface area contributed by atoms with Gasteiger partial charge < -0.3 is 23.8 Å². The van der Waals surface area contributed by atoms with Crippen molar-refractivity contribution in [1.29, 1.82) is 0 Å². The molecule has 3 aliphatic carbocycles. The number of nitrogens with one attached hydrogen (secondary N) is 1. The second-order valence-electron chi connectivity index (χ2n) is 16.0. The van der Waals surface area contributed by atoms with Gasteiger partial charge in [0, 0.05) is 4.88 Å². The van der Waals surface area contributed by atoms with Crippen molar-refractivity contribution < 1.29 is 28.1 Å². The second-order valence-corrected chi connectivity index (χ2v) is 21.8. The number of esters is 1. The number of amides is 1. The van der Waals surface area contributed by atoms with Crippen LogP contribution < -0.4 is 5.32 Å². The van der Waals surface area contributed by atoms with Crippen LogP contribution in [0, 0.1) is 23.2 Å². The van der Waals surface area contributed by atoms with Gasteiger partial charge in [0.15, 0.2) is 8.32 Å². The zero-order chi connectivity index (χ0) is 31.8. The molecule has 6 atom stereocenters. The Kier molecular flexibility index (Phi) is 10.7. The molecular weight excluding hydrogens is 577 g/mol. The monoisotopic (exact) mass is 633 g/mol. The van der Waals surface area contributed by atoms with E-state index in [0.717, 1.165) is 17.7 Å². The highest BCUT2D eigenvalue weighted by Crippen LogP contribution is 2.65. The van der Waals surface area contributed by atoms with Crippen molar-refractivity contribution in [3.8, 4) is 0 Å². The van der Waals surface area contributed by atoms with Crippen molar-refractivity contribution in [2.45, 2.75) is 142 Å². The maximum atomic E-state index is 13.2. The third-order valence-corrected chi connectivity index (χ3v) is 16.3. The molecule has 1 N–H and O–H groups in total. The van der Waals surface area contributed by atoms with Gasteiger partial charge in [-0.1, -0.05) is 54.5 Å². The average Bonchev–Trinajstić information content (AvgIpc) is 3.52. The van der Waals surface area contributed by atoms with Gasteiger partial charge in [0.2, 0.25) is 5.91 Å². The van der Waals surface area contributed by atoms with E-state index in [-0.39, 0.29) is 58.4 Å². The van der Waals surface area contributed by atoms with E-state index in [1.165, 1.54) is 6.42 Å². The van der Waals surface area contributed by atoms with Crippen LogP contribution in [-0.2, 0) is 34.5 Å². The van der Waals surface area contributed by atoms with Crippen molar-refractivity contribution >= 4 is 38.6 Å². The molecule has 4 fully saturated rings. The van der Waals surface area contributed by atoms with Gasteiger partial charge >= 0.3 is 13.1 Å². The van der Waals surface area contributed by atoms with Gasteiger partial charge in [0.1, 0.15) is 0 Å². The Labute approximate surface area is 265 Å². The summed E-state index contributed by atoms with van der Waals surface area (Å²) in [7, 11) is -2.61. The number of thiophene rings is 1. The van der Waals surface area contributed by atoms with Gasteiger partial charge in [0.25, 0.3) is 0 Å². The van der Waals surface area contributed by atoms with E-state index in [1.54, 1.807) is 11.3 Å². The van der Waals surface area contributed by atoms with E-state index in [1.807, 2.05) is 31.4 Å². The predicted molar refractivity (Wildman–Crippen MR) is 176 cm³/mol. The summed E-state index contributed by atoms with van der Waals surface area (Å²) < 4.78 is 25.7. The zero-order valence-electron chi connectivity index (χ0n) is 28.3. The molecule has 10 heteroatoms. The summed E-state index contributed by atoms with van der Waals surface area (Å²) in [6, 6.07) is 3.97. The number of carbonyl (C=O) groups excluding carboxylic acids is 2. The molecule has 0 spiro atoms. The molecule has 4 aliphatic rings. The summed E-state index contributed by atoms with van der Waals surface area (Å²) in [6.45, 7) is 22.5. The number of hydrogen-bond donors (Lipinski definition) is 1. The van der Waals surface area contributed by atoms with Crippen LogP contribution >= 0.6 is 11.3 Å². The van der Waals surface area contributed by atoms with Gasteiger partial charge in [-0.3, -0.25) is 9.59 Å². The Balaban J connectivity index is 1.45. The van der Waals surface area contributed by atoms with Crippen LogP contribution in [0.25, 0.3) is 0 Å². The van der Waals surface area contributed by atoms with Gasteiger partial charge in [0.05, 0.1) is 43.2 Å². The molecule has 1 aliphatic heterocycles. The molecule has 2 bridgehead atoms. The van der Waals surface area contributed by atoms with Crippen molar-refractivity contribution in [2.24, 2.45) is 23.2 Å². The van der Waals surface area contributed by atoms with Gasteiger partial charge in [-0.05, 0) is 91.8 Å². The number of carbonyl (C=O) groups is 2. The number of hydrogen-bond acceptors (Lipinski definition) is 7. The molecule has 242 valence electrons. The minimum Gasteiger partial charge on any atom is -0.465 e. The molecular formula is C33H56BNO6SSi. The highest BCUT2D eigenvalue weighted by molar-refractivity contribution is 7.10. The minimum absolute atomic E-state index is 0.0179. The van der Waals surface area contributed by atoms with Crippen molar-refractivity contribution in [3.05, 3.63) is 22.4 Å². The molecule has 1 aromatic rings. The normalized spacial score (nSPS) is 27.8. The molecule has 0 aromatic carbocycles. The molecule has 3 saturated carbocycles. The summed E-state index contributed by atoms with van der Waals surface area (Å²) in [5, 5.41) is 5.31. The zero-order valence-corrected chi connectivity index (χ0v) is 30.1. The van der Waals surface area contributed by atoms with Crippen LogP contribution in [0.5, 0.6) is 0 Å². The second kappa shape index (κ2) is 13.3. The summed E-state index contributed by atoms with van der Waals surface area (Å²) in [5.74, 6) is 0.895. The molecule has 2 heterocycles. The van der Waals surface area contributed by atoms with E-state index in [4.69, 9.17) is 18.5 Å². The van der Waals surface area contributed by atoms with Gasteiger partial charge in [-0.25, -0.2) is 0 Å². The largest absolute Gasteiger partial charge is 0.481 e. The maximum absolute atomic E-state index is 13.2. The first-order valence-corrected chi connectivity index (χ1v) is 20.2. The SMILES string of the molecule is CC(C)COC(=O)CC(CCC[C@@H](NC(=O)Cc1cccs1)B1O[C@@H]2C[C@@H]3C[C@@H](C3(C)C)[C@]2(C)O1)O[Si](C)(C)C(C)(C)C. The summed E-state index contributed by atoms with van der Waals surface area (Å²) >= 11 is 1.59. The highest BCUT2D eigenvalue weighted by atomic mass is 32.1. The van der Waals surface area contributed by atoms with Gasteiger partial charge in [-0.2, -0.15) is 0 Å². The molecule has 1 saturated heterocycles. The average molecular weight is 634 g/mol. The summed E-state index contributed by atoms with van der Waals surface area (Å²) in [5.41, 5.74) is -0.0896. The quantitative estimate of drug-likeness (QED) is 0.173. The Morgan fingerprint density at radius 2 is 1.91 bits per heavy atom. The van der Waals surface area contributed by atoms with Crippen LogP contribution in [0.1, 0.15) is 98.8 Å². The molecule has 0 radical (unpaired) electrons. The van der Waals surface area contributed by atoms with Gasteiger partial charge in [-0.15, -0.1) is 11.3 Å². The third kappa shape index (κ3) is 7.97. The van der Waals surface area contributed by atoms with E-state index >= 15 is 0 Å². The molecule has 5 rings (SSSR count). The van der Waals surface area contributed by atoms with Crippen LogP contribution in [-0.4, -0.2) is 57.7 Å². The number of rotatable bonds is 14. The molecule has 7 nitrogen and oxygen atoms in total. The first kappa shape index (κ1) is 34.7. The first-order valence-electron chi connectivity index (χ1n) is 16.4. The fourth-order valence-electron chi connectivity index (χ4n) is 7.04. The topological polar surface area (TPSA) is 83.1 Å². The van der Waals surface area contributed by atoms with Crippen molar-refractivity contribution in [1.82, 2.24) is 5.32 Å². The first-order chi connectivity index (χ1) is 19.9. The van der Waals surface area contributed by atoms with Crippen molar-refractivity contribution in [3.63, 3.8) is 0 Å². The van der Waals surface area contributed by atoms with E-state index in [2.05, 4.69) is 60.0 Å². The summed E-state index contributed by atoms with van der Waals surface area (Å²) in [4.78, 5) is 27.0. The Bertz CT molecular complexity index is 1110. The molecule has 1 unspecified atom stereocenters. The standard InChI is InChI=1S/C33H56BNO6SSi/c1-22(2)21-38-30(37)19-24(40-43(9,10)31(3,4)5)13-11-15-28(35-29(36)20-25-14-12-16-42-25)34-39-27-18-23-17-26(32(23,6)7)33(27,8)41-34/h12,14,16,22-24,26-28H,11,13,15,17-21H2,1-10H3,(H,35,36)/t23-,24?,26-,27+,28+,33-/m0/s1. The maximum Gasteiger partial charge on any atom is 0.481 e. The van der Waals surface area contributed by atoms with Crippen LogP contribution in [0.4, 0.5) is 0 Å².